The van der Waals surface area contributed by atoms with Gasteiger partial charge < -0.3 is 0 Å². The van der Waals surface area contributed by atoms with Gasteiger partial charge in [0.15, 0.2) is 0 Å². The van der Waals surface area contributed by atoms with E-state index in [0.717, 1.165) is 10.8 Å². The van der Waals surface area contributed by atoms with E-state index in [9.17, 15) is 0 Å². The summed E-state index contributed by atoms with van der Waals surface area (Å²) < 4.78 is 0. The van der Waals surface area contributed by atoms with E-state index < -0.39 is 0 Å². The molecule has 64 valence electrons. The van der Waals surface area contributed by atoms with Gasteiger partial charge in [-0.1, -0.05) is 17.7 Å². The van der Waals surface area contributed by atoms with Gasteiger partial charge in [-0.05, 0) is 11.6 Å². The normalized spacial score (nSPS) is 9.83. The van der Waals surface area contributed by atoms with E-state index in [2.05, 4.69) is 16.5 Å². The SMILES string of the molecule is C=CCSc1cc(Cl)nc(Cl)n1. The Labute approximate surface area is 85.0 Å². The van der Waals surface area contributed by atoms with Crippen LogP contribution in [0.25, 0.3) is 0 Å². The van der Waals surface area contributed by atoms with Crippen molar-refractivity contribution in [1.82, 2.24) is 9.97 Å². The van der Waals surface area contributed by atoms with Crippen LogP contribution in [0.4, 0.5) is 0 Å². The fourth-order valence-electron chi connectivity index (χ4n) is 0.589. The van der Waals surface area contributed by atoms with Crippen LogP contribution in [-0.4, -0.2) is 15.7 Å². The maximum atomic E-state index is 5.65. The van der Waals surface area contributed by atoms with Crippen molar-refractivity contribution in [3.05, 3.63) is 29.2 Å². The Bertz CT molecular complexity index is 270. The van der Waals surface area contributed by atoms with Crippen molar-refractivity contribution >= 4 is 35.0 Å². The average Bonchev–Trinajstić information content (AvgIpc) is 1.99. The molecule has 1 heterocycles. The predicted molar refractivity (Wildman–Crippen MR) is 53.0 cm³/mol. The number of nitrogens with zero attached hydrogens (tertiary/aromatic N) is 2. The molecule has 0 saturated heterocycles. The van der Waals surface area contributed by atoms with Crippen LogP contribution in [0.2, 0.25) is 10.4 Å². The molecule has 0 fully saturated rings. The molecule has 0 aliphatic rings. The molecular weight excluding hydrogens is 215 g/mol. The molecule has 0 spiro atoms. The Morgan fingerprint density at radius 1 is 1.50 bits per heavy atom. The summed E-state index contributed by atoms with van der Waals surface area (Å²) >= 11 is 12.7. The Kier molecular flexibility index (Phi) is 3.85. The highest BCUT2D eigenvalue weighted by Crippen LogP contribution is 2.20. The van der Waals surface area contributed by atoms with E-state index in [4.69, 9.17) is 23.2 Å². The Morgan fingerprint density at radius 3 is 2.83 bits per heavy atom. The number of hydrogen-bond acceptors (Lipinski definition) is 3. The molecule has 0 bridgehead atoms. The van der Waals surface area contributed by atoms with Crippen molar-refractivity contribution in [1.29, 1.82) is 0 Å². The topological polar surface area (TPSA) is 25.8 Å². The first kappa shape index (κ1) is 9.84. The fraction of sp³-hybridized carbons (Fsp3) is 0.143. The number of rotatable bonds is 3. The van der Waals surface area contributed by atoms with Gasteiger partial charge in [0.1, 0.15) is 10.2 Å². The number of aromatic nitrogens is 2. The number of thioether (sulfide) groups is 1. The van der Waals surface area contributed by atoms with E-state index in [1.165, 1.54) is 11.8 Å². The van der Waals surface area contributed by atoms with E-state index in [-0.39, 0.29) is 5.28 Å². The lowest BCUT2D eigenvalue weighted by molar-refractivity contribution is 1.05. The van der Waals surface area contributed by atoms with Crippen molar-refractivity contribution in [3.63, 3.8) is 0 Å². The van der Waals surface area contributed by atoms with Crippen LogP contribution >= 0.6 is 35.0 Å². The van der Waals surface area contributed by atoms with Crippen molar-refractivity contribution in [2.75, 3.05) is 5.75 Å². The molecule has 0 atom stereocenters. The minimum absolute atomic E-state index is 0.175. The third-order valence-corrected chi connectivity index (χ3v) is 2.26. The highest BCUT2D eigenvalue weighted by atomic mass is 35.5. The quantitative estimate of drug-likeness (QED) is 0.339. The summed E-state index contributed by atoms with van der Waals surface area (Å²) in [6.45, 7) is 3.59. The van der Waals surface area contributed by atoms with Crippen molar-refractivity contribution in [2.45, 2.75) is 5.03 Å². The molecule has 0 unspecified atom stereocenters. The fourth-order valence-corrected chi connectivity index (χ4v) is 1.75. The van der Waals surface area contributed by atoms with Crippen molar-refractivity contribution in [2.24, 2.45) is 0 Å². The van der Waals surface area contributed by atoms with Crippen LogP contribution in [0.15, 0.2) is 23.7 Å². The zero-order valence-corrected chi connectivity index (χ0v) is 8.46. The second-order valence-electron chi connectivity index (χ2n) is 1.90. The summed E-state index contributed by atoms with van der Waals surface area (Å²) in [4.78, 5) is 7.68. The van der Waals surface area contributed by atoms with Crippen molar-refractivity contribution < 1.29 is 0 Å². The molecule has 0 saturated carbocycles. The molecule has 1 rings (SSSR count). The van der Waals surface area contributed by atoms with Crippen LogP contribution in [-0.2, 0) is 0 Å². The molecule has 1 aromatic rings. The summed E-state index contributed by atoms with van der Waals surface area (Å²) in [6.07, 6.45) is 1.79. The van der Waals surface area contributed by atoms with Crippen LogP contribution < -0.4 is 0 Å². The first-order chi connectivity index (χ1) is 5.72. The van der Waals surface area contributed by atoms with Gasteiger partial charge in [0.05, 0.1) is 0 Å². The van der Waals surface area contributed by atoms with Gasteiger partial charge in [-0.2, -0.15) is 0 Å². The van der Waals surface area contributed by atoms with E-state index >= 15 is 0 Å². The molecule has 0 aliphatic heterocycles. The van der Waals surface area contributed by atoms with Crippen molar-refractivity contribution in [3.8, 4) is 0 Å². The average molecular weight is 221 g/mol. The van der Waals surface area contributed by atoms with Crippen LogP contribution in [0, 0.1) is 0 Å². The van der Waals surface area contributed by atoms with Gasteiger partial charge in [-0.15, -0.1) is 18.3 Å². The Balaban J connectivity index is 2.78. The van der Waals surface area contributed by atoms with Crippen LogP contribution in [0.5, 0.6) is 0 Å². The number of hydrogen-bond donors (Lipinski definition) is 0. The van der Waals surface area contributed by atoms with Crippen LogP contribution in [0.1, 0.15) is 0 Å². The van der Waals surface area contributed by atoms with E-state index in [0.29, 0.717) is 5.15 Å². The minimum atomic E-state index is 0.175. The lowest BCUT2D eigenvalue weighted by Crippen LogP contribution is -1.86. The van der Waals surface area contributed by atoms with Gasteiger partial charge in [-0.25, -0.2) is 9.97 Å². The smallest absolute Gasteiger partial charge is 0.211 e. The van der Waals surface area contributed by atoms with E-state index in [1.807, 2.05) is 0 Å². The summed E-state index contributed by atoms with van der Waals surface area (Å²) in [7, 11) is 0. The summed E-state index contributed by atoms with van der Waals surface area (Å²) in [6, 6.07) is 1.67. The zero-order valence-electron chi connectivity index (χ0n) is 6.13. The first-order valence-electron chi connectivity index (χ1n) is 3.16. The first-order valence-corrected chi connectivity index (χ1v) is 4.90. The van der Waals surface area contributed by atoms with Gasteiger partial charge >= 0.3 is 0 Å². The molecular formula is C7H6Cl2N2S. The molecule has 0 radical (unpaired) electrons. The van der Waals surface area contributed by atoms with Gasteiger partial charge in [0, 0.05) is 11.8 Å². The summed E-state index contributed by atoms with van der Waals surface area (Å²) in [5, 5.41) is 1.30. The Morgan fingerprint density at radius 2 is 2.25 bits per heavy atom. The highest BCUT2D eigenvalue weighted by molar-refractivity contribution is 7.99. The highest BCUT2D eigenvalue weighted by Gasteiger charge is 1.99. The second kappa shape index (κ2) is 4.70. The predicted octanol–water partition coefficient (Wildman–Crippen LogP) is 3.06. The van der Waals surface area contributed by atoms with Gasteiger partial charge in [0.25, 0.3) is 0 Å². The monoisotopic (exact) mass is 220 g/mol. The Hall–Kier alpha value is -0.250. The molecule has 2 nitrogen and oxygen atoms in total. The standard InChI is InChI=1S/C7H6Cl2N2S/c1-2-3-12-6-4-5(8)10-7(9)11-6/h2,4H,1,3H2. The molecule has 0 aromatic carbocycles. The zero-order chi connectivity index (χ0) is 8.97. The summed E-state index contributed by atoms with van der Waals surface area (Å²) in [5.41, 5.74) is 0. The largest absolute Gasteiger partial charge is 0.224 e. The van der Waals surface area contributed by atoms with Gasteiger partial charge in [-0.3, -0.25) is 0 Å². The van der Waals surface area contributed by atoms with E-state index in [1.54, 1.807) is 12.1 Å². The number of halogens is 2. The lowest BCUT2D eigenvalue weighted by Gasteiger charge is -1.97. The molecule has 0 N–H and O–H groups in total. The molecule has 1 aromatic heterocycles. The lowest BCUT2D eigenvalue weighted by atomic mass is 10.7. The molecule has 12 heavy (non-hydrogen) atoms. The maximum absolute atomic E-state index is 5.65. The third-order valence-electron chi connectivity index (χ3n) is 0.993. The maximum Gasteiger partial charge on any atom is 0.224 e. The molecule has 0 amide bonds. The van der Waals surface area contributed by atoms with Crippen LogP contribution in [0.3, 0.4) is 0 Å². The molecule has 5 heteroatoms. The minimum Gasteiger partial charge on any atom is -0.211 e. The second-order valence-corrected chi connectivity index (χ2v) is 3.66. The molecule has 0 aliphatic carbocycles. The van der Waals surface area contributed by atoms with Gasteiger partial charge in [0.2, 0.25) is 5.28 Å². The summed E-state index contributed by atoms with van der Waals surface area (Å²) in [5.74, 6) is 0.781. The third kappa shape index (κ3) is 3.01.